The number of fused-ring (bicyclic) bond motifs is 1. The number of carboxylic acids is 1. The number of carbonyl (C=O) groups excluding carboxylic acids is 1. The van der Waals surface area contributed by atoms with Gasteiger partial charge in [-0.3, -0.25) is 14.0 Å². The number of aromatic carboxylic acids is 1. The second-order valence-corrected chi connectivity index (χ2v) is 8.33. The summed E-state index contributed by atoms with van der Waals surface area (Å²) in [5.41, 5.74) is 1.44. The number of hydrogen-bond donors (Lipinski definition) is 1. The molecule has 31 heavy (non-hydrogen) atoms. The first-order chi connectivity index (χ1) is 14.9. The van der Waals surface area contributed by atoms with Gasteiger partial charge in [0.25, 0.3) is 11.5 Å². The topological polar surface area (TPSA) is 92.0 Å². The number of thiazole rings is 1. The van der Waals surface area contributed by atoms with E-state index >= 15 is 0 Å². The van der Waals surface area contributed by atoms with Crippen molar-refractivity contribution in [3.05, 3.63) is 104 Å². The number of nitrogens with zero attached hydrogens (tertiary/aromatic N) is 3. The molecular formula is C23H19N3O4S. The first kappa shape index (κ1) is 20.5. The monoisotopic (exact) mass is 433 g/mol. The lowest BCUT2D eigenvalue weighted by molar-refractivity contribution is 0.0693. The Morgan fingerprint density at radius 2 is 1.68 bits per heavy atom. The van der Waals surface area contributed by atoms with E-state index in [1.165, 1.54) is 34.1 Å². The molecule has 0 bridgehead atoms. The van der Waals surface area contributed by atoms with Crippen molar-refractivity contribution < 1.29 is 14.7 Å². The second kappa shape index (κ2) is 8.53. The molecule has 2 heterocycles. The van der Waals surface area contributed by atoms with Crippen LogP contribution in [0, 0.1) is 6.92 Å². The Labute approximate surface area is 181 Å². The maximum absolute atomic E-state index is 13.4. The lowest BCUT2D eigenvalue weighted by Gasteiger charge is -2.23. The SMILES string of the molecule is Cc1cn2c(=O)c(C(=O)N(Cc3ccccc3)Cc3ccc(C(=O)O)cc3)cnc2s1. The van der Waals surface area contributed by atoms with Gasteiger partial charge in [0.2, 0.25) is 0 Å². The molecule has 0 fully saturated rings. The standard InChI is InChI=1S/C23H19N3O4S/c1-15-12-26-21(28)19(11-24-23(26)31-15)20(27)25(13-16-5-3-2-4-6-16)14-17-7-9-18(10-8-17)22(29)30/h2-12H,13-14H2,1H3,(H,29,30). The van der Waals surface area contributed by atoms with E-state index < -0.39 is 17.4 Å². The Hall–Kier alpha value is -3.78. The van der Waals surface area contributed by atoms with Crippen LogP contribution < -0.4 is 5.56 Å². The highest BCUT2D eigenvalue weighted by molar-refractivity contribution is 7.16. The van der Waals surface area contributed by atoms with Crippen molar-refractivity contribution in [3.63, 3.8) is 0 Å². The smallest absolute Gasteiger partial charge is 0.335 e. The molecule has 0 spiro atoms. The van der Waals surface area contributed by atoms with Crippen molar-refractivity contribution in [2.75, 3.05) is 0 Å². The lowest BCUT2D eigenvalue weighted by Crippen LogP contribution is -2.35. The Balaban J connectivity index is 1.69. The zero-order valence-electron chi connectivity index (χ0n) is 16.7. The summed E-state index contributed by atoms with van der Waals surface area (Å²) in [5, 5.41) is 9.10. The van der Waals surface area contributed by atoms with Crippen molar-refractivity contribution in [1.29, 1.82) is 0 Å². The lowest BCUT2D eigenvalue weighted by atomic mass is 10.1. The third kappa shape index (κ3) is 4.39. The van der Waals surface area contributed by atoms with Crippen LogP contribution in [0.15, 0.2) is 71.8 Å². The van der Waals surface area contributed by atoms with Crippen LogP contribution in [0.2, 0.25) is 0 Å². The number of aryl methyl sites for hydroxylation is 1. The van der Waals surface area contributed by atoms with Crippen LogP contribution >= 0.6 is 11.3 Å². The number of hydrogen-bond acceptors (Lipinski definition) is 5. The number of carboxylic acid groups (broad SMARTS) is 1. The molecule has 1 amide bonds. The van der Waals surface area contributed by atoms with E-state index in [4.69, 9.17) is 5.11 Å². The van der Waals surface area contributed by atoms with Crippen molar-refractivity contribution in [2.45, 2.75) is 20.0 Å². The minimum Gasteiger partial charge on any atom is -0.478 e. The van der Waals surface area contributed by atoms with Crippen LogP contribution in [0.1, 0.15) is 36.7 Å². The van der Waals surface area contributed by atoms with E-state index in [1.807, 2.05) is 37.3 Å². The van der Waals surface area contributed by atoms with Crippen LogP contribution in [0.25, 0.3) is 4.96 Å². The first-order valence-electron chi connectivity index (χ1n) is 9.55. The van der Waals surface area contributed by atoms with Crippen LogP contribution in [0.3, 0.4) is 0 Å². The molecule has 0 aliphatic rings. The molecule has 2 aromatic carbocycles. The van der Waals surface area contributed by atoms with Gasteiger partial charge in [-0.25, -0.2) is 9.78 Å². The maximum Gasteiger partial charge on any atom is 0.335 e. The van der Waals surface area contributed by atoms with Gasteiger partial charge in [-0.2, -0.15) is 0 Å². The molecule has 156 valence electrons. The molecule has 4 aromatic rings. The minimum absolute atomic E-state index is 0.00612. The minimum atomic E-state index is -1.01. The molecule has 0 saturated carbocycles. The molecule has 0 saturated heterocycles. The van der Waals surface area contributed by atoms with Gasteiger partial charge >= 0.3 is 5.97 Å². The zero-order chi connectivity index (χ0) is 22.0. The van der Waals surface area contributed by atoms with Gasteiger partial charge < -0.3 is 10.0 Å². The largest absolute Gasteiger partial charge is 0.478 e. The van der Waals surface area contributed by atoms with Crippen LogP contribution in [0.5, 0.6) is 0 Å². The van der Waals surface area contributed by atoms with Crippen molar-refractivity contribution in [1.82, 2.24) is 14.3 Å². The Bertz CT molecular complexity index is 1310. The molecule has 0 aliphatic heterocycles. The number of aromatic nitrogens is 2. The summed E-state index contributed by atoms with van der Waals surface area (Å²) in [6.07, 6.45) is 3.01. The Morgan fingerprint density at radius 1 is 1.03 bits per heavy atom. The highest BCUT2D eigenvalue weighted by Crippen LogP contribution is 2.16. The van der Waals surface area contributed by atoms with Gasteiger partial charge in [0.1, 0.15) is 5.56 Å². The molecule has 0 unspecified atom stereocenters. The third-order valence-corrected chi connectivity index (χ3v) is 5.74. The molecule has 8 heteroatoms. The molecule has 1 N–H and O–H groups in total. The van der Waals surface area contributed by atoms with Crippen LogP contribution in [-0.2, 0) is 13.1 Å². The van der Waals surface area contributed by atoms with E-state index in [-0.39, 0.29) is 17.7 Å². The summed E-state index contributed by atoms with van der Waals surface area (Å²) in [4.78, 5) is 44.7. The molecule has 0 aliphatic carbocycles. The summed E-state index contributed by atoms with van der Waals surface area (Å²) in [6, 6.07) is 15.8. The van der Waals surface area contributed by atoms with E-state index in [9.17, 15) is 14.4 Å². The fourth-order valence-electron chi connectivity index (χ4n) is 3.29. The molecule has 0 radical (unpaired) electrons. The molecule has 0 atom stereocenters. The summed E-state index contributed by atoms with van der Waals surface area (Å²) in [7, 11) is 0. The molecule has 4 rings (SSSR count). The van der Waals surface area contributed by atoms with Crippen molar-refractivity contribution in [2.24, 2.45) is 0 Å². The number of rotatable bonds is 6. The van der Waals surface area contributed by atoms with Gasteiger partial charge in [-0.1, -0.05) is 42.5 Å². The number of carbonyl (C=O) groups is 2. The van der Waals surface area contributed by atoms with Gasteiger partial charge in [0.05, 0.1) is 5.56 Å². The van der Waals surface area contributed by atoms with Crippen LogP contribution in [0.4, 0.5) is 0 Å². The molecule has 2 aromatic heterocycles. The summed E-state index contributed by atoms with van der Waals surface area (Å²) < 4.78 is 1.40. The van der Waals surface area contributed by atoms with Crippen molar-refractivity contribution in [3.8, 4) is 0 Å². The van der Waals surface area contributed by atoms with E-state index in [0.717, 1.165) is 16.0 Å². The van der Waals surface area contributed by atoms with Gasteiger partial charge in [0.15, 0.2) is 4.96 Å². The fraction of sp³-hybridized carbons (Fsp3) is 0.130. The third-order valence-electron chi connectivity index (χ3n) is 4.83. The number of benzene rings is 2. The Kier molecular flexibility index (Phi) is 5.64. The average molecular weight is 433 g/mol. The summed E-state index contributed by atoms with van der Waals surface area (Å²) >= 11 is 1.38. The van der Waals surface area contributed by atoms with E-state index in [1.54, 1.807) is 23.2 Å². The normalized spacial score (nSPS) is 10.9. The zero-order valence-corrected chi connectivity index (χ0v) is 17.5. The quantitative estimate of drug-likeness (QED) is 0.502. The molecule has 7 nitrogen and oxygen atoms in total. The van der Waals surface area contributed by atoms with Gasteiger partial charge in [-0.05, 0) is 30.2 Å². The van der Waals surface area contributed by atoms with E-state index in [2.05, 4.69) is 4.98 Å². The van der Waals surface area contributed by atoms with Gasteiger partial charge in [-0.15, -0.1) is 11.3 Å². The van der Waals surface area contributed by atoms with Crippen molar-refractivity contribution >= 4 is 28.2 Å². The number of amides is 1. The summed E-state index contributed by atoms with van der Waals surface area (Å²) in [5.74, 6) is -1.44. The second-order valence-electron chi connectivity index (χ2n) is 7.12. The Morgan fingerprint density at radius 3 is 2.32 bits per heavy atom. The average Bonchev–Trinajstić information content (AvgIpc) is 3.15. The van der Waals surface area contributed by atoms with E-state index in [0.29, 0.717) is 11.5 Å². The van der Waals surface area contributed by atoms with Gasteiger partial charge in [0, 0.05) is 30.4 Å². The predicted molar refractivity (Wildman–Crippen MR) is 117 cm³/mol. The predicted octanol–water partition coefficient (Wildman–Crippen LogP) is 3.61. The highest BCUT2D eigenvalue weighted by atomic mass is 32.1. The summed E-state index contributed by atoms with van der Waals surface area (Å²) in [6.45, 7) is 2.40. The first-order valence-corrected chi connectivity index (χ1v) is 10.4. The fourth-order valence-corrected chi connectivity index (χ4v) is 4.07. The maximum atomic E-state index is 13.4. The molecular weight excluding hydrogens is 414 g/mol. The van der Waals surface area contributed by atoms with Crippen LogP contribution in [-0.4, -0.2) is 31.3 Å². The highest BCUT2D eigenvalue weighted by Gasteiger charge is 2.22.